The molecule has 2 unspecified atom stereocenters. The number of nitrogens with one attached hydrogen (secondary N) is 1. The van der Waals surface area contributed by atoms with Crippen molar-refractivity contribution in [3.05, 3.63) is 35.4 Å². The average Bonchev–Trinajstić information content (AvgIpc) is 2.60. The van der Waals surface area contributed by atoms with Gasteiger partial charge in [-0.3, -0.25) is 4.90 Å². The Morgan fingerprint density at radius 2 is 2.11 bits per heavy atom. The SMILES string of the molecule is CC1CC(CN2CCCc3ccccc3C2)CCN1. The minimum absolute atomic E-state index is 0.706. The average molecular weight is 258 g/mol. The third-order valence-corrected chi connectivity index (χ3v) is 4.68. The van der Waals surface area contributed by atoms with E-state index in [-0.39, 0.29) is 0 Å². The first-order chi connectivity index (χ1) is 9.31. The standard InChI is InChI=1S/C17H26N2/c1-14-11-15(8-9-18-14)12-19-10-4-7-16-5-2-3-6-17(16)13-19/h2-3,5-6,14-15,18H,4,7-13H2,1H3. The smallest absolute Gasteiger partial charge is 0.0236 e. The lowest BCUT2D eigenvalue weighted by Crippen LogP contribution is -2.40. The first-order valence-corrected chi connectivity index (χ1v) is 7.84. The molecule has 2 aliphatic rings. The summed E-state index contributed by atoms with van der Waals surface area (Å²) in [6.07, 6.45) is 5.27. The van der Waals surface area contributed by atoms with Gasteiger partial charge >= 0.3 is 0 Å². The van der Waals surface area contributed by atoms with Crippen molar-refractivity contribution in [2.24, 2.45) is 5.92 Å². The van der Waals surface area contributed by atoms with Gasteiger partial charge in [0.25, 0.3) is 0 Å². The van der Waals surface area contributed by atoms with Gasteiger partial charge in [-0.15, -0.1) is 0 Å². The van der Waals surface area contributed by atoms with Gasteiger partial charge in [0.15, 0.2) is 0 Å². The third-order valence-electron chi connectivity index (χ3n) is 4.68. The maximum absolute atomic E-state index is 3.56. The predicted octanol–water partition coefficient (Wildman–Crippen LogP) is 2.82. The Bertz CT molecular complexity index is 415. The molecule has 1 aromatic carbocycles. The van der Waals surface area contributed by atoms with Gasteiger partial charge in [-0.1, -0.05) is 24.3 Å². The fourth-order valence-corrected chi connectivity index (χ4v) is 3.69. The van der Waals surface area contributed by atoms with Crippen LogP contribution in [0.25, 0.3) is 0 Å². The minimum Gasteiger partial charge on any atom is -0.314 e. The number of benzene rings is 1. The Balaban J connectivity index is 1.63. The molecule has 19 heavy (non-hydrogen) atoms. The van der Waals surface area contributed by atoms with E-state index in [0.29, 0.717) is 6.04 Å². The summed E-state index contributed by atoms with van der Waals surface area (Å²) in [6, 6.07) is 9.71. The van der Waals surface area contributed by atoms with Gasteiger partial charge < -0.3 is 5.32 Å². The highest BCUT2D eigenvalue weighted by molar-refractivity contribution is 5.28. The summed E-state index contributed by atoms with van der Waals surface area (Å²) >= 11 is 0. The zero-order valence-electron chi connectivity index (χ0n) is 12.1. The number of fused-ring (bicyclic) bond motifs is 1. The van der Waals surface area contributed by atoms with Crippen molar-refractivity contribution in [3.63, 3.8) is 0 Å². The molecule has 1 saturated heterocycles. The van der Waals surface area contributed by atoms with E-state index in [4.69, 9.17) is 0 Å². The van der Waals surface area contributed by atoms with Crippen LogP contribution in [0.2, 0.25) is 0 Å². The summed E-state index contributed by atoms with van der Waals surface area (Å²) in [4.78, 5) is 2.69. The Hall–Kier alpha value is -0.860. The largest absolute Gasteiger partial charge is 0.314 e. The highest BCUT2D eigenvalue weighted by Crippen LogP contribution is 2.22. The molecule has 2 aliphatic heterocycles. The van der Waals surface area contributed by atoms with Crippen LogP contribution in [0.3, 0.4) is 0 Å². The first-order valence-electron chi connectivity index (χ1n) is 7.84. The lowest BCUT2D eigenvalue weighted by Gasteiger charge is -2.32. The Morgan fingerprint density at radius 3 is 2.95 bits per heavy atom. The molecule has 3 rings (SSSR count). The van der Waals surface area contributed by atoms with E-state index in [2.05, 4.69) is 41.4 Å². The molecular formula is C17H26N2. The lowest BCUT2D eigenvalue weighted by molar-refractivity contribution is 0.187. The van der Waals surface area contributed by atoms with Crippen LogP contribution in [0.1, 0.15) is 37.3 Å². The van der Waals surface area contributed by atoms with Gasteiger partial charge in [0.05, 0.1) is 0 Å². The van der Waals surface area contributed by atoms with Crippen LogP contribution in [0.4, 0.5) is 0 Å². The van der Waals surface area contributed by atoms with E-state index in [1.165, 1.54) is 45.3 Å². The van der Waals surface area contributed by atoms with Crippen LogP contribution in [0, 0.1) is 5.92 Å². The minimum atomic E-state index is 0.706. The summed E-state index contributed by atoms with van der Waals surface area (Å²) in [7, 11) is 0. The first kappa shape index (κ1) is 13.1. The molecule has 0 amide bonds. The number of hydrogen-bond acceptors (Lipinski definition) is 2. The van der Waals surface area contributed by atoms with Gasteiger partial charge in [-0.2, -0.15) is 0 Å². The number of hydrogen-bond donors (Lipinski definition) is 1. The second-order valence-corrected chi connectivity index (χ2v) is 6.35. The molecular weight excluding hydrogens is 232 g/mol. The van der Waals surface area contributed by atoms with Crippen molar-refractivity contribution in [1.82, 2.24) is 10.2 Å². The summed E-state index contributed by atoms with van der Waals surface area (Å²) < 4.78 is 0. The van der Waals surface area contributed by atoms with Crippen LogP contribution in [-0.2, 0) is 13.0 Å². The van der Waals surface area contributed by atoms with Crippen molar-refractivity contribution in [1.29, 1.82) is 0 Å². The Labute approximate surface area is 117 Å². The maximum Gasteiger partial charge on any atom is 0.0236 e. The second kappa shape index (κ2) is 6.06. The van der Waals surface area contributed by atoms with Crippen molar-refractivity contribution < 1.29 is 0 Å². The molecule has 1 aromatic rings. The highest BCUT2D eigenvalue weighted by Gasteiger charge is 2.22. The van der Waals surface area contributed by atoms with Crippen LogP contribution in [0.15, 0.2) is 24.3 Å². The molecule has 1 fully saturated rings. The summed E-state index contributed by atoms with van der Waals surface area (Å²) in [5.41, 5.74) is 3.13. The molecule has 2 atom stereocenters. The van der Waals surface area contributed by atoms with Gasteiger partial charge in [0, 0.05) is 19.1 Å². The molecule has 2 heteroatoms. The van der Waals surface area contributed by atoms with Gasteiger partial charge in [-0.25, -0.2) is 0 Å². The Kier molecular flexibility index (Phi) is 4.19. The molecule has 0 spiro atoms. The fraction of sp³-hybridized carbons (Fsp3) is 0.647. The Morgan fingerprint density at radius 1 is 1.26 bits per heavy atom. The van der Waals surface area contributed by atoms with E-state index in [1.807, 2.05) is 0 Å². The number of rotatable bonds is 2. The van der Waals surface area contributed by atoms with Crippen LogP contribution >= 0.6 is 0 Å². The van der Waals surface area contributed by atoms with Crippen LogP contribution < -0.4 is 5.32 Å². The van der Waals surface area contributed by atoms with E-state index in [9.17, 15) is 0 Å². The number of piperidine rings is 1. The lowest BCUT2D eigenvalue weighted by atomic mass is 9.92. The van der Waals surface area contributed by atoms with Crippen molar-refractivity contribution >= 4 is 0 Å². The third kappa shape index (κ3) is 3.37. The quantitative estimate of drug-likeness (QED) is 0.877. The topological polar surface area (TPSA) is 15.3 Å². The maximum atomic E-state index is 3.56. The zero-order chi connectivity index (χ0) is 13.1. The molecule has 0 bridgehead atoms. The van der Waals surface area contributed by atoms with Crippen molar-refractivity contribution in [3.8, 4) is 0 Å². The molecule has 0 aliphatic carbocycles. The molecule has 0 radical (unpaired) electrons. The van der Waals surface area contributed by atoms with Crippen LogP contribution in [0.5, 0.6) is 0 Å². The van der Waals surface area contributed by atoms with E-state index >= 15 is 0 Å². The zero-order valence-corrected chi connectivity index (χ0v) is 12.1. The summed E-state index contributed by atoms with van der Waals surface area (Å²) in [5, 5.41) is 3.56. The molecule has 0 aromatic heterocycles. The molecule has 1 N–H and O–H groups in total. The molecule has 0 saturated carbocycles. The van der Waals surface area contributed by atoms with E-state index in [1.54, 1.807) is 11.1 Å². The van der Waals surface area contributed by atoms with E-state index in [0.717, 1.165) is 12.5 Å². The monoisotopic (exact) mass is 258 g/mol. The number of aryl methyl sites for hydroxylation is 1. The summed E-state index contributed by atoms with van der Waals surface area (Å²) in [6.45, 7) is 7.25. The molecule has 104 valence electrons. The van der Waals surface area contributed by atoms with Crippen molar-refractivity contribution in [2.75, 3.05) is 19.6 Å². The normalized spacial score (nSPS) is 28.7. The van der Waals surface area contributed by atoms with Gasteiger partial charge in [0.2, 0.25) is 0 Å². The van der Waals surface area contributed by atoms with Crippen LogP contribution in [-0.4, -0.2) is 30.6 Å². The van der Waals surface area contributed by atoms with Gasteiger partial charge in [-0.05, 0) is 62.7 Å². The second-order valence-electron chi connectivity index (χ2n) is 6.35. The van der Waals surface area contributed by atoms with Gasteiger partial charge in [0.1, 0.15) is 0 Å². The van der Waals surface area contributed by atoms with E-state index < -0.39 is 0 Å². The predicted molar refractivity (Wildman–Crippen MR) is 80.2 cm³/mol. The highest BCUT2D eigenvalue weighted by atomic mass is 15.1. The molecule has 2 heterocycles. The summed E-state index contributed by atoms with van der Waals surface area (Å²) in [5.74, 6) is 0.890. The fourth-order valence-electron chi connectivity index (χ4n) is 3.69. The van der Waals surface area contributed by atoms with Crippen molar-refractivity contribution in [2.45, 2.75) is 45.2 Å². The molecule has 2 nitrogen and oxygen atoms in total. The number of nitrogens with zero attached hydrogens (tertiary/aromatic N) is 1.